The third-order valence-electron chi connectivity index (χ3n) is 3.62. The lowest BCUT2D eigenvalue weighted by Crippen LogP contribution is -2.40. The molecule has 0 unspecified atom stereocenters. The fraction of sp³-hybridized carbons (Fsp3) is 0.412. The molecule has 1 aromatic carbocycles. The fourth-order valence-corrected chi connectivity index (χ4v) is 2.35. The summed E-state index contributed by atoms with van der Waals surface area (Å²) in [5, 5.41) is 0. The van der Waals surface area contributed by atoms with Crippen molar-refractivity contribution in [2.75, 3.05) is 6.61 Å². The van der Waals surface area contributed by atoms with Gasteiger partial charge in [-0.25, -0.2) is 9.69 Å². The Kier molecular flexibility index (Phi) is 4.99. The number of terminal acetylenes is 1. The molecule has 1 fully saturated rings. The SMILES string of the molecule is C#C[C@H](C)CCC(=O)N1C(=O)OC[C@@H]1Cc1ccccc1. The lowest BCUT2D eigenvalue weighted by molar-refractivity contribution is -0.129. The highest BCUT2D eigenvalue weighted by molar-refractivity contribution is 5.93. The number of benzene rings is 1. The van der Waals surface area contributed by atoms with E-state index in [9.17, 15) is 9.59 Å². The number of nitrogens with zero attached hydrogens (tertiary/aromatic N) is 1. The van der Waals surface area contributed by atoms with Crippen molar-refractivity contribution < 1.29 is 14.3 Å². The molecule has 4 nitrogen and oxygen atoms in total. The molecular weight excluding hydrogens is 266 g/mol. The lowest BCUT2D eigenvalue weighted by Gasteiger charge is -2.20. The van der Waals surface area contributed by atoms with E-state index in [1.165, 1.54) is 4.90 Å². The summed E-state index contributed by atoms with van der Waals surface area (Å²) in [5.74, 6) is 2.41. The van der Waals surface area contributed by atoms with Gasteiger partial charge in [-0.1, -0.05) is 37.3 Å². The first-order valence-corrected chi connectivity index (χ1v) is 7.10. The minimum absolute atomic E-state index is 0.0279. The highest BCUT2D eigenvalue weighted by Gasteiger charge is 2.37. The molecule has 0 aromatic heterocycles. The van der Waals surface area contributed by atoms with Crippen LogP contribution in [0.25, 0.3) is 0 Å². The van der Waals surface area contributed by atoms with Gasteiger partial charge in [0.05, 0.1) is 6.04 Å². The van der Waals surface area contributed by atoms with Crippen molar-refractivity contribution in [3.63, 3.8) is 0 Å². The zero-order chi connectivity index (χ0) is 15.2. The van der Waals surface area contributed by atoms with Gasteiger partial charge < -0.3 is 4.74 Å². The van der Waals surface area contributed by atoms with Crippen molar-refractivity contribution >= 4 is 12.0 Å². The number of carbonyl (C=O) groups is 2. The van der Waals surface area contributed by atoms with Crippen molar-refractivity contribution in [1.29, 1.82) is 0 Å². The zero-order valence-corrected chi connectivity index (χ0v) is 12.1. The summed E-state index contributed by atoms with van der Waals surface area (Å²) in [6.07, 6.45) is 6.22. The molecule has 4 heteroatoms. The predicted octanol–water partition coefficient (Wildman–Crippen LogP) is 2.63. The van der Waals surface area contributed by atoms with Crippen LogP contribution in [0.4, 0.5) is 4.79 Å². The summed E-state index contributed by atoms with van der Waals surface area (Å²) in [7, 11) is 0. The molecule has 0 N–H and O–H groups in total. The Morgan fingerprint density at radius 1 is 1.48 bits per heavy atom. The monoisotopic (exact) mass is 285 g/mol. The summed E-state index contributed by atoms with van der Waals surface area (Å²) in [4.78, 5) is 25.3. The molecule has 0 bridgehead atoms. The van der Waals surface area contributed by atoms with E-state index in [0.29, 0.717) is 12.8 Å². The molecule has 0 saturated carbocycles. The van der Waals surface area contributed by atoms with Crippen LogP contribution in [-0.4, -0.2) is 29.5 Å². The Bertz CT molecular complexity index is 547. The van der Waals surface area contributed by atoms with E-state index in [4.69, 9.17) is 11.2 Å². The predicted molar refractivity (Wildman–Crippen MR) is 79.4 cm³/mol. The van der Waals surface area contributed by atoms with E-state index >= 15 is 0 Å². The fourth-order valence-electron chi connectivity index (χ4n) is 2.35. The minimum Gasteiger partial charge on any atom is -0.447 e. The minimum atomic E-state index is -0.547. The largest absolute Gasteiger partial charge is 0.447 e. The van der Waals surface area contributed by atoms with Crippen molar-refractivity contribution in [1.82, 2.24) is 4.90 Å². The lowest BCUT2D eigenvalue weighted by atomic mass is 10.0. The summed E-state index contributed by atoms with van der Waals surface area (Å²) in [5.41, 5.74) is 1.08. The van der Waals surface area contributed by atoms with Crippen LogP contribution in [0.3, 0.4) is 0 Å². The molecule has 0 spiro atoms. The Balaban J connectivity index is 2.00. The van der Waals surface area contributed by atoms with Crippen LogP contribution in [0.2, 0.25) is 0 Å². The molecule has 1 saturated heterocycles. The van der Waals surface area contributed by atoms with Crippen LogP contribution in [0.1, 0.15) is 25.3 Å². The van der Waals surface area contributed by atoms with Crippen LogP contribution in [0.15, 0.2) is 30.3 Å². The average Bonchev–Trinajstić information content (AvgIpc) is 2.86. The van der Waals surface area contributed by atoms with E-state index in [2.05, 4.69) is 5.92 Å². The summed E-state index contributed by atoms with van der Waals surface area (Å²) in [6, 6.07) is 9.54. The van der Waals surface area contributed by atoms with E-state index in [1.54, 1.807) is 0 Å². The second-order valence-corrected chi connectivity index (χ2v) is 5.29. The quantitative estimate of drug-likeness (QED) is 0.781. The van der Waals surface area contributed by atoms with Crippen LogP contribution in [0.5, 0.6) is 0 Å². The van der Waals surface area contributed by atoms with E-state index in [-0.39, 0.29) is 30.9 Å². The maximum atomic E-state index is 12.2. The molecule has 2 amide bonds. The second-order valence-electron chi connectivity index (χ2n) is 5.29. The van der Waals surface area contributed by atoms with Gasteiger partial charge in [0, 0.05) is 12.3 Å². The standard InChI is InChI=1S/C17H19NO3/c1-3-13(2)9-10-16(19)18-15(12-21-17(18)20)11-14-7-5-4-6-8-14/h1,4-8,13,15H,9-12H2,2H3/t13-,15-/m0/s1. The molecule has 1 aliphatic heterocycles. The van der Waals surface area contributed by atoms with Gasteiger partial charge in [0.2, 0.25) is 5.91 Å². The maximum absolute atomic E-state index is 12.2. The van der Waals surface area contributed by atoms with Crippen molar-refractivity contribution in [2.45, 2.75) is 32.2 Å². The van der Waals surface area contributed by atoms with Gasteiger partial charge in [0.1, 0.15) is 6.61 Å². The number of cyclic esters (lactones) is 1. The first kappa shape index (κ1) is 15.1. The summed E-state index contributed by atoms with van der Waals surface area (Å²) in [6.45, 7) is 2.14. The third-order valence-corrected chi connectivity index (χ3v) is 3.62. The summed E-state index contributed by atoms with van der Waals surface area (Å²) >= 11 is 0. The number of ether oxygens (including phenoxy) is 1. The van der Waals surface area contributed by atoms with E-state index in [1.807, 2.05) is 37.3 Å². The normalized spacial score (nSPS) is 19.0. The number of carbonyl (C=O) groups excluding carboxylic acids is 2. The molecule has 110 valence electrons. The number of hydrogen-bond donors (Lipinski definition) is 0. The Morgan fingerprint density at radius 3 is 2.86 bits per heavy atom. The first-order valence-electron chi connectivity index (χ1n) is 7.10. The van der Waals surface area contributed by atoms with Crippen LogP contribution in [-0.2, 0) is 16.0 Å². The maximum Gasteiger partial charge on any atom is 0.416 e. The smallest absolute Gasteiger partial charge is 0.416 e. The Labute approximate surface area is 125 Å². The molecule has 1 aromatic rings. The van der Waals surface area contributed by atoms with Gasteiger partial charge in [0.25, 0.3) is 0 Å². The van der Waals surface area contributed by atoms with Gasteiger partial charge in [0.15, 0.2) is 0 Å². The van der Waals surface area contributed by atoms with Crippen molar-refractivity contribution in [3.05, 3.63) is 35.9 Å². The van der Waals surface area contributed by atoms with Gasteiger partial charge in [-0.15, -0.1) is 12.3 Å². The summed E-state index contributed by atoms with van der Waals surface area (Å²) < 4.78 is 5.03. The number of imide groups is 1. The second kappa shape index (κ2) is 6.94. The molecular formula is C17H19NO3. The van der Waals surface area contributed by atoms with E-state index in [0.717, 1.165) is 5.56 Å². The highest BCUT2D eigenvalue weighted by Crippen LogP contribution is 2.19. The molecule has 0 aliphatic carbocycles. The van der Waals surface area contributed by atoms with E-state index < -0.39 is 6.09 Å². The zero-order valence-electron chi connectivity index (χ0n) is 12.1. The van der Waals surface area contributed by atoms with Crippen molar-refractivity contribution in [3.8, 4) is 12.3 Å². The molecule has 2 rings (SSSR count). The van der Waals surface area contributed by atoms with Gasteiger partial charge >= 0.3 is 6.09 Å². The van der Waals surface area contributed by atoms with Crippen molar-refractivity contribution in [2.24, 2.45) is 5.92 Å². The topological polar surface area (TPSA) is 46.6 Å². The first-order chi connectivity index (χ1) is 10.1. The van der Waals surface area contributed by atoms with Gasteiger partial charge in [-0.3, -0.25) is 4.79 Å². The van der Waals surface area contributed by atoms with Crippen LogP contribution in [0, 0.1) is 18.3 Å². The molecule has 1 heterocycles. The van der Waals surface area contributed by atoms with Gasteiger partial charge in [-0.05, 0) is 18.4 Å². The molecule has 0 radical (unpaired) electrons. The molecule has 1 aliphatic rings. The van der Waals surface area contributed by atoms with Gasteiger partial charge in [-0.2, -0.15) is 0 Å². The Morgan fingerprint density at radius 2 is 2.19 bits per heavy atom. The average molecular weight is 285 g/mol. The number of amides is 2. The highest BCUT2D eigenvalue weighted by atomic mass is 16.6. The number of rotatable bonds is 5. The molecule has 21 heavy (non-hydrogen) atoms. The Hall–Kier alpha value is -2.28. The third kappa shape index (κ3) is 3.85. The number of hydrogen-bond acceptors (Lipinski definition) is 3. The molecule has 2 atom stereocenters. The van der Waals surface area contributed by atoms with Crippen LogP contribution >= 0.6 is 0 Å². The van der Waals surface area contributed by atoms with Crippen LogP contribution < -0.4 is 0 Å².